The molecule has 26 heavy (non-hydrogen) atoms. The molecular weight excluding hydrogens is 326 g/mol. The van der Waals surface area contributed by atoms with Gasteiger partial charge in [-0.05, 0) is 40.8 Å². The number of rotatable bonds is 5. The lowest BCUT2D eigenvalue weighted by molar-refractivity contribution is -0.125. The van der Waals surface area contributed by atoms with Gasteiger partial charge in [-0.3, -0.25) is 14.6 Å². The van der Waals surface area contributed by atoms with Crippen LogP contribution >= 0.6 is 0 Å². The monoisotopic (exact) mass is 345 g/mol. The Hall–Kier alpha value is -3.21. The summed E-state index contributed by atoms with van der Waals surface area (Å²) in [4.78, 5) is 28.1. The number of carbonyl (C=O) groups is 2. The van der Waals surface area contributed by atoms with Gasteiger partial charge in [0.15, 0.2) is 0 Å². The van der Waals surface area contributed by atoms with E-state index in [4.69, 9.17) is 0 Å². The number of anilines is 1. The first-order valence-corrected chi connectivity index (χ1v) is 8.67. The van der Waals surface area contributed by atoms with Crippen molar-refractivity contribution in [2.75, 3.05) is 11.9 Å². The Morgan fingerprint density at radius 2 is 1.88 bits per heavy atom. The van der Waals surface area contributed by atoms with Gasteiger partial charge in [0.1, 0.15) is 0 Å². The van der Waals surface area contributed by atoms with Gasteiger partial charge in [-0.1, -0.05) is 42.5 Å². The summed E-state index contributed by atoms with van der Waals surface area (Å²) in [6, 6.07) is 18.0. The van der Waals surface area contributed by atoms with Crippen molar-refractivity contribution in [1.29, 1.82) is 0 Å². The fraction of sp³-hybridized carbons (Fsp3) is 0.190. The zero-order chi connectivity index (χ0) is 17.9. The first kappa shape index (κ1) is 16.3. The fourth-order valence-corrected chi connectivity index (χ4v) is 3.23. The van der Waals surface area contributed by atoms with Gasteiger partial charge in [0.2, 0.25) is 11.8 Å². The first-order chi connectivity index (χ1) is 12.7. The number of hydrogen-bond donors (Lipinski definition) is 2. The normalized spacial score (nSPS) is 18.3. The van der Waals surface area contributed by atoms with Crippen molar-refractivity contribution in [3.05, 3.63) is 72.6 Å². The van der Waals surface area contributed by atoms with E-state index in [9.17, 15) is 9.59 Å². The van der Waals surface area contributed by atoms with Gasteiger partial charge < -0.3 is 10.6 Å². The molecule has 2 aromatic carbocycles. The van der Waals surface area contributed by atoms with Crippen molar-refractivity contribution in [2.24, 2.45) is 5.92 Å². The summed E-state index contributed by atoms with van der Waals surface area (Å²) in [7, 11) is 0. The maximum absolute atomic E-state index is 12.3. The predicted octanol–water partition coefficient (Wildman–Crippen LogP) is 3.09. The standard InChI is InChI=1S/C21H19N3O2/c25-20(24-17-6-3-9-22-12-17)13-23-21(26)19-11-18(19)16-8-7-14-4-1-2-5-15(14)10-16/h1-10,12,18-19H,11,13H2,(H,23,26)(H,24,25)/t18-,19-/m0/s1. The highest BCUT2D eigenvalue weighted by Crippen LogP contribution is 2.48. The molecule has 1 aliphatic rings. The number of nitrogens with zero attached hydrogens (tertiary/aromatic N) is 1. The summed E-state index contributed by atoms with van der Waals surface area (Å²) in [6.45, 7) is -0.0331. The smallest absolute Gasteiger partial charge is 0.243 e. The number of fused-ring (bicyclic) bond motifs is 1. The Labute approximate surface area is 151 Å². The zero-order valence-corrected chi connectivity index (χ0v) is 14.2. The van der Waals surface area contributed by atoms with Crippen LogP contribution in [0.15, 0.2) is 67.0 Å². The van der Waals surface area contributed by atoms with Crippen molar-refractivity contribution in [3.8, 4) is 0 Å². The van der Waals surface area contributed by atoms with E-state index in [0.717, 1.165) is 6.42 Å². The van der Waals surface area contributed by atoms with Crippen molar-refractivity contribution in [2.45, 2.75) is 12.3 Å². The van der Waals surface area contributed by atoms with E-state index < -0.39 is 0 Å². The molecule has 2 amide bonds. The Morgan fingerprint density at radius 1 is 1.04 bits per heavy atom. The number of nitrogens with one attached hydrogen (secondary N) is 2. The SMILES string of the molecule is O=C(CNC(=O)[C@H]1C[C@H]1c1ccc2ccccc2c1)Nc1cccnc1. The quantitative estimate of drug-likeness (QED) is 0.746. The van der Waals surface area contributed by atoms with Crippen molar-refractivity contribution < 1.29 is 9.59 Å². The molecule has 2 N–H and O–H groups in total. The van der Waals surface area contributed by atoms with Crippen molar-refractivity contribution >= 4 is 28.3 Å². The molecule has 0 aliphatic heterocycles. The van der Waals surface area contributed by atoms with Crippen LogP contribution in [0.4, 0.5) is 5.69 Å². The van der Waals surface area contributed by atoms with Gasteiger partial charge in [0.05, 0.1) is 18.4 Å². The largest absolute Gasteiger partial charge is 0.347 e. The number of benzene rings is 2. The second-order valence-corrected chi connectivity index (χ2v) is 6.56. The van der Waals surface area contributed by atoms with Crippen LogP contribution in [0.25, 0.3) is 10.8 Å². The molecule has 1 heterocycles. The minimum atomic E-state index is -0.255. The van der Waals surface area contributed by atoms with Crippen LogP contribution in [0.2, 0.25) is 0 Å². The van der Waals surface area contributed by atoms with E-state index in [0.29, 0.717) is 5.69 Å². The van der Waals surface area contributed by atoms with Crippen LogP contribution in [-0.2, 0) is 9.59 Å². The maximum Gasteiger partial charge on any atom is 0.243 e. The number of amides is 2. The molecule has 4 rings (SSSR count). The average Bonchev–Trinajstić information content (AvgIpc) is 3.47. The van der Waals surface area contributed by atoms with E-state index in [1.54, 1.807) is 24.5 Å². The summed E-state index contributed by atoms with van der Waals surface area (Å²) in [5.41, 5.74) is 1.80. The summed E-state index contributed by atoms with van der Waals surface area (Å²) in [6.07, 6.45) is 4.03. The van der Waals surface area contributed by atoms with Gasteiger partial charge in [-0.2, -0.15) is 0 Å². The lowest BCUT2D eigenvalue weighted by atomic mass is 10.0. The van der Waals surface area contributed by atoms with Gasteiger partial charge in [0.25, 0.3) is 0 Å². The second kappa shape index (κ2) is 6.96. The summed E-state index contributed by atoms with van der Waals surface area (Å²) < 4.78 is 0. The van der Waals surface area contributed by atoms with Gasteiger partial charge >= 0.3 is 0 Å². The highest BCUT2D eigenvalue weighted by atomic mass is 16.2. The molecule has 5 nitrogen and oxygen atoms in total. The maximum atomic E-state index is 12.3. The van der Waals surface area contributed by atoms with Crippen LogP contribution in [-0.4, -0.2) is 23.3 Å². The third-order valence-corrected chi connectivity index (χ3v) is 4.70. The van der Waals surface area contributed by atoms with E-state index in [1.807, 2.05) is 12.1 Å². The van der Waals surface area contributed by atoms with E-state index >= 15 is 0 Å². The van der Waals surface area contributed by atoms with Crippen LogP contribution in [0.5, 0.6) is 0 Å². The molecule has 0 unspecified atom stereocenters. The third-order valence-electron chi connectivity index (χ3n) is 4.70. The molecule has 1 fully saturated rings. The summed E-state index contributed by atoms with van der Waals surface area (Å²) in [5, 5.41) is 7.82. The second-order valence-electron chi connectivity index (χ2n) is 6.56. The van der Waals surface area contributed by atoms with Gasteiger partial charge in [-0.25, -0.2) is 0 Å². The first-order valence-electron chi connectivity index (χ1n) is 8.67. The molecule has 1 aromatic heterocycles. The molecule has 2 atom stereocenters. The Kier molecular flexibility index (Phi) is 4.35. The molecule has 3 aromatic rings. The van der Waals surface area contributed by atoms with Gasteiger partial charge in [0, 0.05) is 12.1 Å². The molecular formula is C21H19N3O2. The van der Waals surface area contributed by atoms with Crippen LogP contribution in [0.1, 0.15) is 17.9 Å². The molecule has 130 valence electrons. The summed E-state index contributed by atoms with van der Waals surface area (Å²) >= 11 is 0. The van der Waals surface area contributed by atoms with Crippen LogP contribution in [0, 0.1) is 5.92 Å². The van der Waals surface area contributed by atoms with Gasteiger partial charge in [-0.15, -0.1) is 0 Å². The minimum Gasteiger partial charge on any atom is -0.347 e. The summed E-state index contributed by atoms with van der Waals surface area (Å²) in [5.74, 6) is -0.137. The molecule has 1 saturated carbocycles. The zero-order valence-electron chi connectivity index (χ0n) is 14.2. The molecule has 0 radical (unpaired) electrons. The molecule has 1 aliphatic carbocycles. The predicted molar refractivity (Wildman–Crippen MR) is 101 cm³/mol. The highest BCUT2D eigenvalue weighted by molar-refractivity contribution is 5.95. The topological polar surface area (TPSA) is 71.1 Å². The molecule has 5 heteroatoms. The number of carbonyl (C=O) groups excluding carboxylic acids is 2. The van der Waals surface area contributed by atoms with Crippen LogP contribution < -0.4 is 10.6 Å². The molecule has 0 spiro atoms. The Balaban J connectivity index is 1.31. The highest BCUT2D eigenvalue weighted by Gasteiger charge is 2.43. The number of hydrogen-bond acceptors (Lipinski definition) is 3. The number of pyridine rings is 1. The van der Waals surface area contributed by atoms with Crippen molar-refractivity contribution in [3.63, 3.8) is 0 Å². The Morgan fingerprint density at radius 3 is 2.69 bits per heavy atom. The molecule has 0 saturated heterocycles. The van der Waals surface area contributed by atoms with Crippen molar-refractivity contribution in [1.82, 2.24) is 10.3 Å². The Bertz CT molecular complexity index is 956. The fourth-order valence-electron chi connectivity index (χ4n) is 3.23. The lowest BCUT2D eigenvalue weighted by Gasteiger charge is -2.07. The van der Waals surface area contributed by atoms with Crippen LogP contribution in [0.3, 0.4) is 0 Å². The van der Waals surface area contributed by atoms with E-state index in [-0.39, 0.29) is 30.2 Å². The lowest BCUT2D eigenvalue weighted by Crippen LogP contribution is -2.34. The van der Waals surface area contributed by atoms with E-state index in [2.05, 4.69) is 45.9 Å². The van der Waals surface area contributed by atoms with E-state index in [1.165, 1.54) is 16.3 Å². The third kappa shape index (κ3) is 3.57. The molecule has 0 bridgehead atoms. The average molecular weight is 345 g/mol. The number of aromatic nitrogens is 1. The minimum absolute atomic E-state index is 0.0331.